The van der Waals surface area contributed by atoms with Crippen LogP contribution in [0, 0.1) is 30.0 Å². The summed E-state index contributed by atoms with van der Waals surface area (Å²) in [5, 5.41) is 15.9. The van der Waals surface area contributed by atoms with Gasteiger partial charge in [0, 0.05) is 31.6 Å². The van der Waals surface area contributed by atoms with Gasteiger partial charge in [-0.2, -0.15) is 5.26 Å². The number of hydrogen-bond donors (Lipinski definition) is 2. The lowest BCUT2D eigenvalue weighted by atomic mass is 9.88. The summed E-state index contributed by atoms with van der Waals surface area (Å²) in [5.41, 5.74) is -1.10. The molecule has 13 heteroatoms. The molecule has 3 amide bonds. The second-order valence-corrected chi connectivity index (χ2v) is 12.2. The predicted octanol–water partition coefficient (Wildman–Crippen LogP) is 4.22. The molecule has 1 saturated heterocycles. The maximum atomic E-state index is 15.8. The van der Waals surface area contributed by atoms with E-state index < -0.39 is 41.3 Å². The molecule has 43 heavy (non-hydrogen) atoms. The molecule has 2 N–H and O–H groups in total. The van der Waals surface area contributed by atoms with Gasteiger partial charge in [0.1, 0.15) is 35.4 Å². The number of nitrogens with zero attached hydrogens (tertiary/aromatic N) is 6. The molecule has 7 rings (SSSR count). The Kier molecular flexibility index (Phi) is 7.44. The fourth-order valence-corrected chi connectivity index (χ4v) is 6.37. The van der Waals surface area contributed by atoms with E-state index in [4.69, 9.17) is 0 Å². The van der Waals surface area contributed by atoms with Crippen LogP contribution >= 0.6 is 0 Å². The van der Waals surface area contributed by atoms with Gasteiger partial charge in [0.2, 0.25) is 5.91 Å². The molecule has 0 unspecified atom stereocenters. The second kappa shape index (κ2) is 11.0. The maximum Gasteiger partial charge on any atom is 0.327 e. The minimum absolute atomic E-state index is 0.00760. The largest absolute Gasteiger partial charge is 0.363 e. The third-order valence-corrected chi connectivity index (χ3v) is 8.92. The average Bonchev–Trinajstić information content (AvgIpc) is 3.73. The number of nitrogens with one attached hydrogen (secondary N) is 2. The molecule has 2 aromatic rings. The van der Waals surface area contributed by atoms with Gasteiger partial charge >= 0.3 is 6.03 Å². The smallest absolute Gasteiger partial charge is 0.327 e. The van der Waals surface area contributed by atoms with Gasteiger partial charge in [-0.3, -0.25) is 9.69 Å². The number of carbonyl (C=O) groups is 2. The Balaban J connectivity index is 1.39. The molecule has 0 radical (unpaired) electrons. The Morgan fingerprint density at radius 2 is 1.88 bits per heavy atom. The molecule has 228 valence electrons. The summed E-state index contributed by atoms with van der Waals surface area (Å²) in [6, 6.07) is 5.02. The molecule has 2 fully saturated rings. The van der Waals surface area contributed by atoms with E-state index >= 15 is 13.2 Å². The van der Waals surface area contributed by atoms with Crippen LogP contribution in [0.3, 0.4) is 0 Å². The van der Waals surface area contributed by atoms with E-state index in [1.54, 1.807) is 13.8 Å². The number of rotatable bonds is 1. The molecule has 1 atom stereocenters. The summed E-state index contributed by atoms with van der Waals surface area (Å²) in [4.78, 5) is 40.6. The molecule has 4 aliphatic heterocycles. The number of fused-ring (bicyclic) bond motifs is 8. The average molecular weight is 597 g/mol. The first-order valence-corrected chi connectivity index (χ1v) is 14.8. The fraction of sp³-hybridized carbons (Fsp3) is 0.567. The zero-order valence-corrected chi connectivity index (χ0v) is 24.3. The highest BCUT2D eigenvalue weighted by Crippen LogP contribution is 2.46. The van der Waals surface area contributed by atoms with Crippen molar-refractivity contribution in [3.05, 3.63) is 46.5 Å². The van der Waals surface area contributed by atoms with Crippen LogP contribution in [0.4, 0.5) is 29.6 Å². The maximum absolute atomic E-state index is 15.8. The molecule has 1 aromatic heterocycles. The summed E-state index contributed by atoms with van der Waals surface area (Å²) in [6.45, 7) is 5.16. The zero-order valence-electron chi connectivity index (χ0n) is 24.3. The molecule has 10 nitrogen and oxygen atoms in total. The number of alkyl halides is 2. The van der Waals surface area contributed by atoms with Crippen LogP contribution in [0.2, 0.25) is 0 Å². The lowest BCUT2D eigenvalue weighted by molar-refractivity contribution is -0.119. The van der Waals surface area contributed by atoms with Gasteiger partial charge in [0.25, 0.3) is 5.92 Å². The quantitative estimate of drug-likeness (QED) is 0.506. The van der Waals surface area contributed by atoms with E-state index in [-0.39, 0.29) is 42.1 Å². The first-order valence-electron chi connectivity index (χ1n) is 14.8. The molecule has 1 aliphatic carbocycles. The van der Waals surface area contributed by atoms with Crippen molar-refractivity contribution < 1.29 is 22.8 Å². The Bertz CT molecular complexity index is 1480. The lowest BCUT2D eigenvalue weighted by Gasteiger charge is -2.41. The van der Waals surface area contributed by atoms with Crippen molar-refractivity contribution in [2.45, 2.75) is 70.0 Å². The van der Waals surface area contributed by atoms with Gasteiger partial charge in [-0.15, -0.1) is 0 Å². The number of halogens is 3. The topological polar surface area (TPSA) is 117 Å². The van der Waals surface area contributed by atoms with Crippen molar-refractivity contribution in [2.75, 3.05) is 42.9 Å². The molecule has 1 saturated carbocycles. The molecule has 5 heterocycles. The number of benzene rings is 1. The highest BCUT2D eigenvalue weighted by molar-refractivity contribution is 6.00. The van der Waals surface area contributed by atoms with E-state index in [2.05, 4.69) is 31.6 Å². The number of nitriles is 1. The Morgan fingerprint density at radius 3 is 2.60 bits per heavy atom. The van der Waals surface area contributed by atoms with Crippen molar-refractivity contribution in [3.63, 3.8) is 0 Å². The van der Waals surface area contributed by atoms with Crippen LogP contribution in [0.15, 0.2) is 18.2 Å². The number of carbonyl (C=O) groups excluding carboxylic acids is 2. The fourth-order valence-electron chi connectivity index (χ4n) is 6.37. The van der Waals surface area contributed by atoms with Crippen LogP contribution in [0.1, 0.15) is 67.6 Å². The molecule has 8 bridgehead atoms. The van der Waals surface area contributed by atoms with Crippen molar-refractivity contribution in [1.82, 2.24) is 25.1 Å². The van der Waals surface area contributed by atoms with E-state index in [1.165, 1.54) is 21.9 Å². The summed E-state index contributed by atoms with van der Waals surface area (Å²) in [5.74, 6) is -4.08. The minimum atomic E-state index is -3.33. The molecule has 0 spiro atoms. The standard InChI is InChI=1S/C30H35F3N8O2/c1-18-21-6-5-7-23(25(21)31)30(32,33)12-20-13-39(14-20)11-4-3-10-35-24(42)16-40-27-22(26(36-18)37-19(2)38-27)15-41(28(40)43)29(17-34)8-9-29/h5-7,18,20H,3-4,8-16H2,1-2H3,(H,35,42)(H,36,37,38)/t18-/m1/s1. The van der Waals surface area contributed by atoms with Gasteiger partial charge in [-0.1, -0.05) is 18.2 Å². The first-order chi connectivity index (χ1) is 20.5. The number of hydrogen-bond acceptors (Lipinski definition) is 7. The number of aromatic nitrogens is 2. The summed E-state index contributed by atoms with van der Waals surface area (Å²) >= 11 is 0. The highest BCUT2D eigenvalue weighted by atomic mass is 19.3. The molecule has 5 aliphatic rings. The lowest BCUT2D eigenvalue weighted by Crippen LogP contribution is -2.55. The predicted molar refractivity (Wildman–Crippen MR) is 152 cm³/mol. The van der Waals surface area contributed by atoms with Crippen molar-refractivity contribution in [1.29, 1.82) is 5.26 Å². The van der Waals surface area contributed by atoms with Gasteiger partial charge in [0.15, 0.2) is 0 Å². The Hall–Kier alpha value is -3.92. The monoisotopic (exact) mass is 596 g/mol. The number of aryl methyl sites for hydroxylation is 1. The highest BCUT2D eigenvalue weighted by Gasteiger charge is 2.54. The van der Waals surface area contributed by atoms with E-state index in [9.17, 15) is 14.9 Å². The van der Waals surface area contributed by atoms with Gasteiger partial charge in [-0.05, 0) is 52.0 Å². The second-order valence-electron chi connectivity index (χ2n) is 12.2. The third-order valence-electron chi connectivity index (χ3n) is 8.92. The van der Waals surface area contributed by atoms with Crippen molar-refractivity contribution in [2.24, 2.45) is 5.92 Å². The van der Waals surface area contributed by atoms with Crippen LogP contribution in [0.5, 0.6) is 0 Å². The van der Waals surface area contributed by atoms with E-state index in [1.807, 2.05) is 0 Å². The summed E-state index contributed by atoms with van der Waals surface area (Å²) in [6.07, 6.45) is 2.02. The van der Waals surface area contributed by atoms with Crippen LogP contribution in [0.25, 0.3) is 0 Å². The summed E-state index contributed by atoms with van der Waals surface area (Å²) in [7, 11) is 0. The molecular formula is C30H35F3N8O2. The first kappa shape index (κ1) is 29.2. The normalized spacial score (nSPS) is 26.7. The molecular weight excluding hydrogens is 561 g/mol. The van der Waals surface area contributed by atoms with E-state index in [0.717, 1.165) is 12.5 Å². The Morgan fingerprint density at radius 1 is 1.12 bits per heavy atom. The zero-order chi connectivity index (χ0) is 30.5. The van der Waals surface area contributed by atoms with Gasteiger partial charge in [-0.25, -0.2) is 27.9 Å². The van der Waals surface area contributed by atoms with Crippen LogP contribution in [-0.4, -0.2) is 70.0 Å². The molecule has 1 aromatic carbocycles. The number of anilines is 2. The van der Waals surface area contributed by atoms with Gasteiger partial charge in [0.05, 0.1) is 29.8 Å². The van der Waals surface area contributed by atoms with E-state index in [0.29, 0.717) is 56.8 Å². The van der Waals surface area contributed by atoms with Crippen LogP contribution in [-0.2, 0) is 17.3 Å². The van der Waals surface area contributed by atoms with Crippen LogP contribution < -0.4 is 15.5 Å². The minimum Gasteiger partial charge on any atom is -0.363 e. The number of urea groups is 1. The number of amides is 3. The Labute approximate surface area is 248 Å². The SMILES string of the molecule is Cc1nc2c3c(n1)N(CC(=O)NCCCCN1CC(C1)CC(F)(F)c1cccc(c1F)[C@@H](C)N2)C(=O)N(C1(C#N)CC1)C3. The van der Waals surface area contributed by atoms with Crippen molar-refractivity contribution >= 4 is 23.6 Å². The van der Waals surface area contributed by atoms with Gasteiger partial charge < -0.3 is 20.4 Å². The summed E-state index contributed by atoms with van der Waals surface area (Å²) < 4.78 is 46.6. The van der Waals surface area contributed by atoms with Crippen molar-refractivity contribution in [3.8, 4) is 6.07 Å². The third kappa shape index (κ3) is 5.48.